The van der Waals surface area contributed by atoms with Crippen molar-refractivity contribution in [3.63, 3.8) is 0 Å². The lowest BCUT2D eigenvalue weighted by molar-refractivity contribution is -0.142. The molecule has 2 amide bonds. The largest absolute Gasteiger partial charge is 0.435 e. The molecule has 0 unspecified atom stereocenters. The van der Waals surface area contributed by atoms with Gasteiger partial charge in [-0.25, -0.2) is 0 Å². The number of carbonyl (C=O) groups is 2. The number of hydrogen-bond acceptors (Lipinski definition) is 3. The van der Waals surface area contributed by atoms with Gasteiger partial charge in [-0.05, 0) is 23.8 Å². The number of halogens is 3. The van der Waals surface area contributed by atoms with Gasteiger partial charge in [-0.2, -0.15) is 18.3 Å². The highest BCUT2D eigenvalue weighted by molar-refractivity contribution is 5.98. The molecule has 0 saturated heterocycles. The maximum absolute atomic E-state index is 12.9. The second-order valence-corrected chi connectivity index (χ2v) is 5.52. The summed E-state index contributed by atoms with van der Waals surface area (Å²) in [6, 6.07) is 6.58. The third-order valence-corrected chi connectivity index (χ3v) is 3.39. The number of alkyl halides is 3. The van der Waals surface area contributed by atoms with Gasteiger partial charge in [0.1, 0.15) is 0 Å². The first-order valence-corrected chi connectivity index (χ1v) is 7.58. The summed E-state index contributed by atoms with van der Waals surface area (Å²) in [5, 5.41) is 8.40. The normalized spacial score (nSPS) is 11.1. The zero-order valence-electron chi connectivity index (χ0n) is 13.9. The van der Waals surface area contributed by atoms with Crippen molar-refractivity contribution in [3.05, 3.63) is 59.9 Å². The summed E-state index contributed by atoms with van der Waals surface area (Å²) in [5.41, 5.74) is -0.0341. The van der Waals surface area contributed by atoms with Crippen molar-refractivity contribution in [1.29, 1.82) is 0 Å². The van der Waals surface area contributed by atoms with Gasteiger partial charge in [0, 0.05) is 31.0 Å². The highest BCUT2D eigenvalue weighted by Crippen LogP contribution is 2.30. The standard InChI is InChI=1S/C17H17F3N4O2/c1-3-14(25)22-13-6-4-5-11(7-13)8-15(26)21-9-12-10-24(2)23-16(12)17(18,19)20/h3-7,10H,1,8-9H2,2H3,(H,21,26)(H,22,25). The molecule has 6 nitrogen and oxygen atoms in total. The van der Waals surface area contributed by atoms with E-state index in [1.807, 2.05) is 0 Å². The van der Waals surface area contributed by atoms with Crippen molar-refractivity contribution in [1.82, 2.24) is 15.1 Å². The van der Waals surface area contributed by atoms with Gasteiger partial charge in [0.2, 0.25) is 11.8 Å². The minimum absolute atomic E-state index is 0.0422. The molecular formula is C17H17F3N4O2. The Bertz CT molecular complexity index is 828. The van der Waals surface area contributed by atoms with E-state index in [-0.39, 0.29) is 24.4 Å². The van der Waals surface area contributed by atoms with Gasteiger partial charge in [0.25, 0.3) is 0 Å². The number of aromatic nitrogens is 2. The molecule has 2 rings (SSSR count). The fourth-order valence-corrected chi connectivity index (χ4v) is 2.30. The van der Waals surface area contributed by atoms with Crippen molar-refractivity contribution in [3.8, 4) is 0 Å². The van der Waals surface area contributed by atoms with Gasteiger partial charge in [-0.3, -0.25) is 14.3 Å². The molecule has 0 radical (unpaired) electrons. The maximum Gasteiger partial charge on any atom is 0.435 e. The number of benzene rings is 1. The van der Waals surface area contributed by atoms with Crippen LogP contribution in [0.4, 0.5) is 18.9 Å². The maximum atomic E-state index is 12.9. The first kappa shape index (κ1) is 19.2. The molecule has 9 heteroatoms. The summed E-state index contributed by atoms with van der Waals surface area (Å²) in [7, 11) is 1.38. The van der Waals surface area contributed by atoms with Gasteiger partial charge in [-0.15, -0.1) is 0 Å². The summed E-state index contributed by atoms with van der Waals surface area (Å²) in [6.45, 7) is 3.06. The first-order chi connectivity index (χ1) is 12.2. The molecule has 0 spiro atoms. The molecule has 138 valence electrons. The molecule has 0 aliphatic heterocycles. The Kier molecular flexibility index (Phi) is 5.81. The van der Waals surface area contributed by atoms with Crippen molar-refractivity contribution < 1.29 is 22.8 Å². The van der Waals surface area contributed by atoms with Crippen molar-refractivity contribution in [2.24, 2.45) is 7.05 Å². The Hall–Kier alpha value is -3.10. The lowest BCUT2D eigenvalue weighted by Crippen LogP contribution is -2.25. The van der Waals surface area contributed by atoms with Crippen LogP contribution in [-0.4, -0.2) is 21.6 Å². The van der Waals surface area contributed by atoms with Crippen LogP contribution in [0, 0.1) is 0 Å². The Labute approximate surface area is 147 Å². The van der Waals surface area contributed by atoms with E-state index in [1.54, 1.807) is 24.3 Å². The average Bonchev–Trinajstić information content (AvgIpc) is 2.94. The van der Waals surface area contributed by atoms with Crippen molar-refractivity contribution >= 4 is 17.5 Å². The third kappa shape index (κ3) is 5.20. The Balaban J connectivity index is 1.99. The van der Waals surface area contributed by atoms with Crippen molar-refractivity contribution in [2.45, 2.75) is 19.1 Å². The molecule has 1 aromatic carbocycles. The van der Waals surface area contributed by atoms with Crippen LogP contribution in [0.5, 0.6) is 0 Å². The predicted octanol–water partition coefficient (Wildman–Crippen LogP) is 2.42. The molecule has 0 aliphatic rings. The fourth-order valence-electron chi connectivity index (χ4n) is 2.30. The smallest absolute Gasteiger partial charge is 0.352 e. The predicted molar refractivity (Wildman–Crippen MR) is 89.0 cm³/mol. The van der Waals surface area contributed by atoms with E-state index in [0.717, 1.165) is 10.8 Å². The molecular weight excluding hydrogens is 349 g/mol. The number of aryl methyl sites for hydroxylation is 1. The van der Waals surface area contributed by atoms with E-state index in [4.69, 9.17) is 0 Å². The van der Waals surface area contributed by atoms with Crippen LogP contribution in [0.3, 0.4) is 0 Å². The van der Waals surface area contributed by atoms with Gasteiger partial charge < -0.3 is 10.6 Å². The SMILES string of the molecule is C=CC(=O)Nc1cccc(CC(=O)NCc2cn(C)nc2C(F)(F)F)c1. The monoisotopic (exact) mass is 366 g/mol. The van der Waals surface area contributed by atoms with Gasteiger partial charge in [0.15, 0.2) is 5.69 Å². The molecule has 0 aliphatic carbocycles. The zero-order chi connectivity index (χ0) is 19.3. The molecule has 0 saturated carbocycles. The molecule has 1 heterocycles. The second-order valence-electron chi connectivity index (χ2n) is 5.52. The molecule has 0 bridgehead atoms. The number of nitrogens with zero attached hydrogens (tertiary/aromatic N) is 2. The average molecular weight is 366 g/mol. The zero-order valence-corrected chi connectivity index (χ0v) is 13.9. The van der Waals surface area contributed by atoms with Crippen molar-refractivity contribution in [2.75, 3.05) is 5.32 Å². The number of rotatable bonds is 6. The van der Waals surface area contributed by atoms with Crippen LogP contribution in [0.1, 0.15) is 16.8 Å². The van der Waals surface area contributed by atoms with Crippen LogP contribution in [0.15, 0.2) is 43.1 Å². The highest BCUT2D eigenvalue weighted by Gasteiger charge is 2.36. The summed E-state index contributed by atoms with van der Waals surface area (Å²) in [4.78, 5) is 23.3. The Morgan fingerprint density at radius 3 is 2.73 bits per heavy atom. The minimum Gasteiger partial charge on any atom is -0.352 e. The quantitative estimate of drug-likeness (QED) is 0.771. The van der Waals surface area contributed by atoms with Crippen LogP contribution in [0.2, 0.25) is 0 Å². The molecule has 2 aromatic rings. The Morgan fingerprint density at radius 2 is 2.08 bits per heavy atom. The van der Waals surface area contributed by atoms with E-state index < -0.39 is 17.8 Å². The van der Waals surface area contributed by atoms with Crippen LogP contribution in [0.25, 0.3) is 0 Å². The summed E-state index contributed by atoms with van der Waals surface area (Å²) < 4.78 is 39.7. The topological polar surface area (TPSA) is 76.0 Å². The first-order valence-electron chi connectivity index (χ1n) is 7.58. The van der Waals surface area contributed by atoms with E-state index in [0.29, 0.717) is 11.3 Å². The number of hydrogen-bond donors (Lipinski definition) is 2. The molecule has 0 atom stereocenters. The molecule has 2 N–H and O–H groups in total. The van der Waals surface area contributed by atoms with E-state index in [1.165, 1.54) is 13.2 Å². The second kappa shape index (κ2) is 7.85. The molecule has 26 heavy (non-hydrogen) atoms. The number of nitrogens with one attached hydrogen (secondary N) is 2. The molecule has 1 aromatic heterocycles. The van der Waals surface area contributed by atoms with Crippen LogP contribution >= 0.6 is 0 Å². The highest BCUT2D eigenvalue weighted by atomic mass is 19.4. The lowest BCUT2D eigenvalue weighted by atomic mass is 10.1. The van der Waals surface area contributed by atoms with E-state index in [2.05, 4.69) is 22.3 Å². The van der Waals surface area contributed by atoms with E-state index in [9.17, 15) is 22.8 Å². The van der Waals surface area contributed by atoms with Gasteiger partial charge >= 0.3 is 6.18 Å². The minimum atomic E-state index is -4.58. The van der Waals surface area contributed by atoms with Gasteiger partial charge in [-0.1, -0.05) is 18.7 Å². The van der Waals surface area contributed by atoms with Gasteiger partial charge in [0.05, 0.1) is 6.42 Å². The lowest BCUT2D eigenvalue weighted by Gasteiger charge is -2.09. The van der Waals surface area contributed by atoms with E-state index >= 15 is 0 Å². The number of anilines is 1. The third-order valence-electron chi connectivity index (χ3n) is 3.39. The fraction of sp³-hybridized carbons (Fsp3) is 0.235. The molecule has 0 fully saturated rings. The summed E-state index contributed by atoms with van der Waals surface area (Å²) in [5.74, 6) is -0.836. The number of amides is 2. The summed E-state index contributed by atoms with van der Waals surface area (Å²) >= 11 is 0. The van der Waals surface area contributed by atoms with Crippen LogP contribution < -0.4 is 10.6 Å². The van der Waals surface area contributed by atoms with Crippen LogP contribution in [-0.2, 0) is 35.8 Å². The summed E-state index contributed by atoms with van der Waals surface area (Å²) in [6.07, 6.45) is -2.29. The Morgan fingerprint density at radius 1 is 1.35 bits per heavy atom. The number of carbonyl (C=O) groups excluding carboxylic acids is 2.